The first-order valence-electron chi connectivity index (χ1n) is 9.91. The molecule has 0 aromatic carbocycles. The quantitative estimate of drug-likeness (QED) is 0.215. The molecule has 0 spiro atoms. The first kappa shape index (κ1) is 23.6. The summed E-state index contributed by atoms with van der Waals surface area (Å²) in [5.74, 6) is -0.196. The predicted octanol–water partition coefficient (Wildman–Crippen LogP) is 6.47. The van der Waals surface area contributed by atoms with E-state index in [4.69, 9.17) is 9.16 Å². The molecule has 0 bridgehead atoms. The van der Waals surface area contributed by atoms with Crippen molar-refractivity contribution in [2.45, 2.75) is 117 Å². The highest BCUT2D eigenvalue weighted by Gasteiger charge is 2.37. The topological polar surface area (TPSA) is 35.5 Å². The lowest BCUT2D eigenvalue weighted by molar-refractivity contribution is -0.148. The Bertz CT molecular complexity index is 334. The number of esters is 1. The Morgan fingerprint density at radius 2 is 1.46 bits per heavy atom. The van der Waals surface area contributed by atoms with E-state index in [1.165, 1.54) is 51.9 Å². The summed E-state index contributed by atoms with van der Waals surface area (Å²) >= 11 is 0. The van der Waals surface area contributed by atoms with E-state index in [-0.39, 0.29) is 17.1 Å². The molecule has 0 aromatic rings. The fourth-order valence-electron chi connectivity index (χ4n) is 2.43. The summed E-state index contributed by atoms with van der Waals surface area (Å²) in [6.07, 6.45) is 11.2. The third kappa shape index (κ3) is 11.2. The van der Waals surface area contributed by atoms with E-state index in [1.807, 2.05) is 0 Å². The molecule has 0 rings (SSSR count). The number of carbonyl (C=O) groups is 1. The van der Waals surface area contributed by atoms with Crippen molar-refractivity contribution in [3.8, 4) is 0 Å². The molecule has 0 aliphatic rings. The van der Waals surface area contributed by atoms with E-state index in [0.717, 1.165) is 12.8 Å². The molecule has 0 aliphatic heterocycles. The van der Waals surface area contributed by atoms with Gasteiger partial charge in [-0.15, -0.1) is 0 Å². The minimum absolute atomic E-state index is 0.0864. The van der Waals surface area contributed by atoms with Crippen molar-refractivity contribution in [3.05, 3.63) is 0 Å². The van der Waals surface area contributed by atoms with Gasteiger partial charge in [0.1, 0.15) is 6.10 Å². The minimum Gasteiger partial charge on any atom is -0.460 e. The van der Waals surface area contributed by atoms with Crippen LogP contribution in [-0.4, -0.2) is 27.0 Å². The summed E-state index contributed by atoms with van der Waals surface area (Å²) in [4.78, 5) is 11.3. The predicted molar refractivity (Wildman–Crippen MR) is 106 cm³/mol. The van der Waals surface area contributed by atoms with E-state index < -0.39 is 8.32 Å². The summed E-state index contributed by atoms with van der Waals surface area (Å²) in [5.41, 5.74) is 0. The van der Waals surface area contributed by atoms with Crippen LogP contribution in [0, 0.1) is 0 Å². The van der Waals surface area contributed by atoms with E-state index >= 15 is 0 Å². The molecule has 1 atom stereocenters. The van der Waals surface area contributed by atoms with Gasteiger partial charge in [-0.25, -0.2) is 0 Å². The second-order valence-electron chi connectivity index (χ2n) is 8.57. The molecule has 0 aliphatic carbocycles. The molecule has 0 heterocycles. The molecule has 0 saturated heterocycles. The van der Waals surface area contributed by atoms with Gasteiger partial charge >= 0.3 is 5.97 Å². The maximum absolute atomic E-state index is 11.3. The third-order valence-electron chi connectivity index (χ3n) is 5.15. The van der Waals surface area contributed by atoms with Gasteiger partial charge in [-0.1, -0.05) is 72.6 Å². The molecule has 1 unspecified atom stereocenters. The molecule has 0 amide bonds. The van der Waals surface area contributed by atoms with Gasteiger partial charge in [0.15, 0.2) is 8.32 Å². The number of hydrogen-bond acceptors (Lipinski definition) is 3. The third-order valence-corrected chi connectivity index (χ3v) is 9.65. The monoisotopic (exact) mass is 358 g/mol. The highest BCUT2D eigenvalue weighted by Crippen LogP contribution is 2.36. The lowest BCUT2D eigenvalue weighted by Crippen LogP contribution is -2.43. The van der Waals surface area contributed by atoms with Gasteiger partial charge < -0.3 is 9.16 Å². The average Bonchev–Trinajstić information content (AvgIpc) is 2.45. The van der Waals surface area contributed by atoms with Crippen LogP contribution in [0.5, 0.6) is 0 Å². The second-order valence-corrected chi connectivity index (χ2v) is 13.4. The molecule has 0 aromatic heterocycles. The van der Waals surface area contributed by atoms with Crippen LogP contribution in [0.15, 0.2) is 0 Å². The van der Waals surface area contributed by atoms with E-state index in [1.54, 1.807) is 0 Å². The van der Waals surface area contributed by atoms with Gasteiger partial charge in [0.25, 0.3) is 0 Å². The lowest BCUT2D eigenvalue weighted by atomic mass is 10.1. The van der Waals surface area contributed by atoms with Crippen LogP contribution in [0.3, 0.4) is 0 Å². The van der Waals surface area contributed by atoms with Crippen LogP contribution in [0.1, 0.15) is 92.4 Å². The fourth-order valence-corrected chi connectivity index (χ4v) is 3.47. The zero-order valence-electron chi connectivity index (χ0n) is 17.4. The average molecular weight is 359 g/mol. The Hall–Kier alpha value is -0.353. The van der Waals surface area contributed by atoms with Gasteiger partial charge in [-0.2, -0.15) is 0 Å². The van der Waals surface area contributed by atoms with Crippen molar-refractivity contribution in [1.29, 1.82) is 0 Å². The Labute approximate surface area is 152 Å². The van der Waals surface area contributed by atoms with Crippen LogP contribution in [0.25, 0.3) is 0 Å². The van der Waals surface area contributed by atoms with Crippen LogP contribution < -0.4 is 0 Å². The maximum Gasteiger partial charge on any atom is 0.302 e. The number of rotatable bonds is 13. The summed E-state index contributed by atoms with van der Waals surface area (Å²) in [5, 5.41) is 0.187. The standard InChI is InChI=1S/C20H42O3Si/c1-8-9-10-11-12-13-14-15-16-19(23-18(2)21)17-22-24(6,7)20(3,4)5/h19H,8-17H2,1-7H3. The highest BCUT2D eigenvalue weighted by molar-refractivity contribution is 6.74. The molecule has 24 heavy (non-hydrogen) atoms. The van der Waals surface area contributed by atoms with Crippen molar-refractivity contribution >= 4 is 14.3 Å². The van der Waals surface area contributed by atoms with Crippen molar-refractivity contribution < 1.29 is 14.0 Å². The van der Waals surface area contributed by atoms with Gasteiger partial charge in [0.05, 0.1) is 6.61 Å². The zero-order valence-corrected chi connectivity index (χ0v) is 18.4. The van der Waals surface area contributed by atoms with Gasteiger partial charge in [0.2, 0.25) is 0 Å². The van der Waals surface area contributed by atoms with E-state index in [2.05, 4.69) is 40.8 Å². The lowest BCUT2D eigenvalue weighted by Gasteiger charge is -2.37. The summed E-state index contributed by atoms with van der Waals surface area (Å²) in [7, 11) is -1.78. The van der Waals surface area contributed by atoms with Crippen LogP contribution in [0.2, 0.25) is 18.1 Å². The molecule has 4 heteroatoms. The fraction of sp³-hybridized carbons (Fsp3) is 0.950. The second kappa shape index (κ2) is 12.1. The Morgan fingerprint density at radius 3 is 1.92 bits per heavy atom. The summed E-state index contributed by atoms with van der Waals surface area (Å²) in [6.45, 7) is 15.5. The van der Waals surface area contributed by atoms with Crippen molar-refractivity contribution in [2.24, 2.45) is 0 Å². The van der Waals surface area contributed by atoms with Crippen LogP contribution >= 0.6 is 0 Å². The number of hydrogen-bond donors (Lipinski definition) is 0. The molecular formula is C20H42O3Si. The van der Waals surface area contributed by atoms with Crippen LogP contribution in [0.4, 0.5) is 0 Å². The molecule has 3 nitrogen and oxygen atoms in total. The molecule has 0 radical (unpaired) electrons. The smallest absolute Gasteiger partial charge is 0.302 e. The highest BCUT2D eigenvalue weighted by atomic mass is 28.4. The zero-order chi connectivity index (χ0) is 18.6. The van der Waals surface area contributed by atoms with Crippen molar-refractivity contribution in [1.82, 2.24) is 0 Å². The SMILES string of the molecule is CCCCCCCCCCC(CO[Si](C)(C)C(C)(C)C)OC(C)=O. The van der Waals surface area contributed by atoms with E-state index in [0.29, 0.717) is 6.61 Å². The first-order chi connectivity index (χ1) is 11.1. The Morgan fingerprint density at radius 1 is 0.958 bits per heavy atom. The largest absolute Gasteiger partial charge is 0.460 e. The Kier molecular flexibility index (Phi) is 11.9. The molecule has 0 fully saturated rings. The van der Waals surface area contributed by atoms with Gasteiger partial charge in [-0.3, -0.25) is 4.79 Å². The first-order valence-corrected chi connectivity index (χ1v) is 12.8. The summed E-state index contributed by atoms with van der Waals surface area (Å²) in [6, 6.07) is 0. The van der Waals surface area contributed by atoms with Crippen molar-refractivity contribution in [2.75, 3.05) is 6.61 Å². The molecule has 0 saturated carbocycles. The van der Waals surface area contributed by atoms with E-state index in [9.17, 15) is 4.79 Å². The molecular weight excluding hydrogens is 316 g/mol. The summed E-state index contributed by atoms with van der Waals surface area (Å²) < 4.78 is 11.7. The normalized spacial score (nSPS) is 13.8. The number of carbonyl (C=O) groups excluding carboxylic acids is 1. The van der Waals surface area contributed by atoms with Gasteiger partial charge in [0, 0.05) is 6.92 Å². The van der Waals surface area contributed by atoms with Gasteiger partial charge in [-0.05, 0) is 31.0 Å². The van der Waals surface area contributed by atoms with Crippen molar-refractivity contribution in [3.63, 3.8) is 0 Å². The Balaban J connectivity index is 4.08. The molecule has 0 N–H and O–H groups in total. The number of ether oxygens (including phenoxy) is 1. The number of unbranched alkanes of at least 4 members (excludes halogenated alkanes) is 7. The molecule has 144 valence electrons. The minimum atomic E-state index is -1.78. The van der Waals surface area contributed by atoms with Crippen LogP contribution in [-0.2, 0) is 14.0 Å². The maximum atomic E-state index is 11.3.